The van der Waals surface area contributed by atoms with Crippen LogP contribution in [0.3, 0.4) is 0 Å². The lowest BCUT2D eigenvalue weighted by atomic mass is 10.1. The number of amides is 2. The fourth-order valence-corrected chi connectivity index (χ4v) is 1.81. The number of rotatable bonds is 9. The summed E-state index contributed by atoms with van der Waals surface area (Å²) < 4.78 is 4.97. The van der Waals surface area contributed by atoms with Crippen LogP contribution in [0.25, 0.3) is 0 Å². The maximum Gasteiger partial charge on any atom is 0.314 e. The molecular weight excluding hydrogens is 276 g/mol. The van der Waals surface area contributed by atoms with E-state index in [9.17, 15) is 9.59 Å². The highest BCUT2D eigenvalue weighted by Gasteiger charge is 2.13. The van der Waals surface area contributed by atoms with Crippen LogP contribution in [-0.4, -0.2) is 53.6 Å². The van der Waals surface area contributed by atoms with E-state index in [-0.39, 0.29) is 19.0 Å². The summed E-state index contributed by atoms with van der Waals surface area (Å²) in [4.78, 5) is 22.1. The predicted molar refractivity (Wildman–Crippen MR) is 76.1 cm³/mol. The fraction of sp³-hybridized carbons (Fsp3) is 0.615. The molecule has 1 atom stereocenters. The van der Waals surface area contributed by atoms with Gasteiger partial charge in [-0.05, 0) is 25.3 Å². The Bertz CT molecular complexity index is 461. The second kappa shape index (κ2) is 8.96. The molecule has 8 nitrogen and oxygen atoms in total. The van der Waals surface area contributed by atoms with E-state index in [1.54, 1.807) is 6.20 Å². The average Bonchev–Trinajstić information content (AvgIpc) is 2.84. The first kappa shape index (κ1) is 17.0. The van der Waals surface area contributed by atoms with Gasteiger partial charge in [-0.1, -0.05) is 0 Å². The number of nitrogens with one attached hydrogen (secondary N) is 3. The average molecular weight is 298 g/mol. The molecule has 118 valence electrons. The van der Waals surface area contributed by atoms with E-state index in [1.165, 1.54) is 7.11 Å². The minimum absolute atomic E-state index is 0.142. The van der Waals surface area contributed by atoms with Crippen molar-refractivity contribution in [1.82, 2.24) is 20.8 Å². The summed E-state index contributed by atoms with van der Waals surface area (Å²) in [5.41, 5.74) is 2.18. The highest BCUT2D eigenvalue weighted by atomic mass is 16.5. The number of hydrogen-bond acceptors (Lipinski definition) is 4. The van der Waals surface area contributed by atoms with E-state index < -0.39 is 12.1 Å². The van der Waals surface area contributed by atoms with Gasteiger partial charge in [0.2, 0.25) is 0 Å². The molecule has 0 saturated heterocycles. The molecule has 1 unspecified atom stereocenters. The molecule has 0 aromatic carbocycles. The first-order chi connectivity index (χ1) is 10.0. The van der Waals surface area contributed by atoms with Gasteiger partial charge in [0, 0.05) is 25.9 Å². The summed E-state index contributed by atoms with van der Waals surface area (Å²) in [6.07, 6.45) is 2.75. The zero-order chi connectivity index (χ0) is 15.7. The van der Waals surface area contributed by atoms with Crippen molar-refractivity contribution in [1.29, 1.82) is 0 Å². The van der Waals surface area contributed by atoms with Gasteiger partial charge in [0.1, 0.15) is 0 Å². The summed E-state index contributed by atoms with van der Waals surface area (Å²) in [5.74, 6) is -0.959. The number of carboxylic acids is 1. The monoisotopic (exact) mass is 298 g/mol. The summed E-state index contributed by atoms with van der Waals surface area (Å²) in [6.45, 7) is 2.65. The number of H-pyrrole nitrogens is 1. The van der Waals surface area contributed by atoms with E-state index in [4.69, 9.17) is 9.84 Å². The molecule has 0 saturated carbocycles. The number of methoxy groups -OCH3 is 1. The smallest absolute Gasteiger partial charge is 0.314 e. The Kier molecular flexibility index (Phi) is 7.24. The van der Waals surface area contributed by atoms with Gasteiger partial charge < -0.3 is 20.5 Å². The third kappa shape index (κ3) is 6.75. The standard InChI is InChI=1S/C13H22N4O4/c1-9-10(7-16-17-9)4-3-5-14-13(20)15-8-11(21-2)6-12(18)19/h7,11H,3-6,8H2,1-2H3,(H,16,17)(H,18,19)(H2,14,15,20). The molecule has 8 heteroatoms. The molecule has 0 spiro atoms. The molecule has 0 aliphatic rings. The van der Waals surface area contributed by atoms with Crippen LogP contribution in [-0.2, 0) is 16.0 Å². The molecular formula is C13H22N4O4. The lowest BCUT2D eigenvalue weighted by molar-refractivity contribution is -0.139. The first-order valence-electron chi connectivity index (χ1n) is 6.78. The van der Waals surface area contributed by atoms with Gasteiger partial charge in [-0.25, -0.2) is 4.79 Å². The quantitative estimate of drug-likeness (QED) is 0.494. The zero-order valence-electron chi connectivity index (χ0n) is 12.3. The number of ether oxygens (including phenoxy) is 1. The summed E-state index contributed by atoms with van der Waals surface area (Å²) in [7, 11) is 1.42. The van der Waals surface area contributed by atoms with Crippen molar-refractivity contribution >= 4 is 12.0 Å². The second-order valence-corrected chi connectivity index (χ2v) is 4.72. The number of carbonyl (C=O) groups is 2. The predicted octanol–water partition coefficient (Wildman–Crippen LogP) is 0.440. The summed E-state index contributed by atoms with van der Waals surface area (Å²) in [5, 5.41) is 20.7. The number of aromatic amines is 1. The molecule has 4 N–H and O–H groups in total. The number of carbonyl (C=O) groups excluding carboxylic acids is 1. The first-order valence-corrected chi connectivity index (χ1v) is 6.78. The lowest BCUT2D eigenvalue weighted by Crippen LogP contribution is -2.41. The Labute approximate surface area is 123 Å². The van der Waals surface area contributed by atoms with Crippen LogP contribution < -0.4 is 10.6 Å². The molecule has 0 radical (unpaired) electrons. The van der Waals surface area contributed by atoms with Gasteiger partial charge in [0.25, 0.3) is 0 Å². The third-order valence-electron chi connectivity index (χ3n) is 3.07. The maximum atomic E-state index is 11.5. The number of aromatic nitrogens is 2. The minimum atomic E-state index is -0.959. The van der Waals surface area contributed by atoms with Gasteiger partial charge in [-0.3, -0.25) is 9.89 Å². The minimum Gasteiger partial charge on any atom is -0.481 e. The van der Waals surface area contributed by atoms with Gasteiger partial charge >= 0.3 is 12.0 Å². The number of nitrogens with zero attached hydrogens (tertiary/aromatic N) is 1. The highest BCUT2D eigenvalue weighted by molar-refractivity contribution is 5.74. The number of hydrogen-bond donors (Lipinski definition) is 4. The molecule has 1 rings (SSSR count). The molecule has 1 aromatic rings. The normalized spacial score (nSPS) is 11.9. The SMILES string of the molecule is COC(CNC(=O)NCCCc1cn[nH]c1C)CC(=O)O. The van der Waals surface area contributed by atoms with E-state index in [1.807, 2.05) is 6.92 Å². The Morgan fingerprint density at radius 3 is 2.81 bits per heavy atom. The largest absolute Gasteiger partial charge is 0.481 e. The second-order valence-electron chi connectivity index (χ2n) is 4.72. The van der Waals surface area contributed by atoms with Gasteiger partial charge in [-0.2, -0.15) is 5.10 Å². The molecule has 0 fully saturated rings. The van der Waals surface area contributed by atoms with Crippen molar-refractivity contribution in [3.05, 3.63) is 17.5 Å². The highest BCUT2D eigenvalue weighted by Crippen LogP contribution is 2.04. The van der Waals surface area contributed by atoms with Crippen molar-refractivity contribution < 1.29 is 19.4 Å². The molecule has 1 aromatic heterocycles. The molecule has 0 aliphatic carbocycles. The zero-order valence-corrected chi connectivity index (χ0v) is 12.3. The molecule has 0 aliphatic heterocycles. The van der Waals surface area contributed by atoms with Crippen LogP contribution in [0.4, 0.5) is 4.79 Å². The Morgan fingerprint density at radius 1 is 1.48 bits per heavy atom. The van der Waals surface area contributed by atoms with E-state index in [0.29, 0.717) is 6.54 Å². The van der Waals surface area contributed by atoms with Crippen molar-refractivity contribution in [2.75, 3.05) is 20.2 Å². The molecule has 0 bridgehead atoms. The topological polar surface area (TPSA) is 116 Å². The Balaban J connectivity index is 2.13. The Morgan fingerprint density at radius 2 is 2.24 bits per heavy atom. The van der Waals surface area contributed by atoms with Crippen molar-refractivity contribution in [2.24, 2.45) is 0 Å². The van der Waals surface area contributed by atoms with Gasteiger partial charge in [0.15, 0.2) is 0 Å². The van der Waals surface area contributed by atoms with Gasteiger partial charge in [-0.15, -0.1) is 0 Å². The van der Waals surface area contributed by atoms with Crippen LogP contribution in [0.15, 0.2) is 6.20 Å². The molecule has 2 amide bonds. The third-order valence-corrected chi connectivity index (χ3v) is 3.07. The van der Waals surface area contributed by atoms with Crippen LogP contribution in [0.2, 0.25) is 0 Å². The maximum absolute atomic E-state index is 11.5. The summed E-state index contributed by atoms with van der Waals surface area (Å²) in [6, 6.07) is -0.327. The Hall–Kier alpha value is -2.09. The van der Waals surface area contributed by atoms with Crippen LogP contribution in [0.5, 0.6) is 0 Å². The van der Waals surface area contributed by atoms with Crippen LogP contribution in [0.1, 0.15) is 24.1 Å². The van der Waals surface area contributed by atoms with Crippen molar-refractivity contribution in [3.63, 3.8) is 0 Å². The van der Waals surface area contributed by atoms with Crippen LogP contribution in [0, 0.1) is 6.92 Å². The number of aryl methyl sites for hydroxylation is 2. The van der Waals surface area contributed by atoms with Crippen molar-refractivity contribution in [2.45, 2.75) is 32.3 Å². The van der Waals surface area contributed by atoms with Gasteiger partial charge in [0.05, 0.1) is 18.7 Å². The molecule has 1 heterocycles. The number of carboxylic acid groups (broad SMARTS) is 1. The van der Waals surface area contributed by atoms with E-state index >= 15 is 0 Å². The molecule has 21 heavy (non-hydrogen) atoms. The van der Waals surface area contributed by atoms with E-state index in [2.05, 4.69) is 20.8 Å². The van der Waals surface area contributed by atoms with Crippen LogP contribution >= 0.6 is 0 Å². The number of urea groups is 1. The summed E-state index contributed by atoms with van der Waals surface area (Å²) >= 11 is 0. The fourth-order valence-electron chi connectivity index (χ4n) is 1.81. The van der Waals surface area contributed by atoms with E-state index in [0.717, 1.165) is 24.1 Å². The lowest BCUT2D eigenvalue weighted by Gasteiger charge is -2.14. The van der Waals surface area contributed by atoms with Crippen molar-refractivity contribution in [3.8, 4) is 0 Å². The number of aliphatic carboxylic acids is 1.